The first kappa shape index (κ1) is 32.8. The van der Waals surface area contributed by atoms with Gasteiger partial charge in [0.15, 0.2) is 0 Å². The van der Waals surface area contributed by atoms with Gasteiger partial charge in [-0.25, -0.2) is 0 Å². The fraction of sp³-hybridized carbons (Fsp3) is 0. The van der Waals surface area contributed by atoms with Crippen molar-refractivity contribution in [2.45, 2.75) is 0 Å². The van der Waals surface area contributed by atoms with Crippen LogP contribution >= 0.6 is 173 Å². The Morgan fingerprint density at radius 3 is 0.238 bits per heavy atom. The predicted octanol–water partition coefficient (Wildman–Crippen LogP) is 12.7. The summed E-state index contributed by atoms with van der Waals surface area (Å²) in [6, 6.07) is 0. The monoisotopic (exact) mass is 1210 g/mol. The Morgan fingerprint density at radius 2 is 0.238 bits per heavy atom. The van der Waals surface area contributed by atoms with E-state index in [9.17, 15) is 0 Å². The third-order valence-corrected chi connectivity index (χ3v) is 0. The summed E-state index contributed by atoms with van der Waals surface area (Å²) in [5.41, 5.74) is 0. The van der Waals surface area contributed by atoms with Gasteiger partial charge in [-0.15, -0.1) is 0 Å². The second-order valence-electron chi connectivity index (χ2n) is 2.14. The van der Waals surface area contributed by atoms with Crippen molar-refractivity contribution in [3.63, 3.8) is 0 Å². The summed E-state index contributed by atoms with van der Waals surface area (Å²) in [4.78, 5) is 0. The van der Waals surface area contributed by atoms with Crippen LogP contribution < -0.4 is 0 Å². The Balaban J connectivity index is -0.0000000476. The minimum Gasteiger partial charge on any atom is 1.00 e. The summed E-state index contributed by atoms with van der Waals surface area (Å²) >= 11 is 0. The molecular formula is H3Cl18Ir3-3. The standard InChI is InChI=1S/18ClH.3Ir/h18*1H;;;/q;;;;;;;;;;;;;;;;;;3*+4/p-15. The Morgan fingerprint density at radius 1 is 0.238 bits per heavy atom. The van der Waals surface area contributed by atoms with Gasteiger partial charge in [0, 0.05) is 0 Å². The van der Waals surface area contributed by atoms with Gasteiger partial charge in [-0.3, -0.25) is 0 Å². The van der Waals surface area contributed by atoms with Crippen molar-refractivity contribution in [2.24, 2.45) is 0 Å². The Hall–Kier alpha value is 7.17. The van der Waals surface area contributed by atoms with Crippen molar-refractivity contribution in [1.29, 1.82) is 0 Å². The molecule has 159 valence electrons. The van der Waals surface area contributed by atoms with E-state index in [2.05, 4.69) is 0 Å². The zero-order valence-electron chi connectivity index (χ0n) is 10.8. The van der Waals surface area contributed by atoms with Crippen LogP contribution in [-0.4, -0.2) is 0 Å². The van der Waals surface area contributed by atoms with Crippen molar-refractivity contribution in [3.8, 4) is 0 Å². The predicted molar refractivity (Wildman–Crippen MR) is 109 cm³/mol. The molecule has 0 spiro atoms. The van der Waals surface area contributed by atoms with Crippen molar-refractivity contribution in [2.75, 3.05) is 0 Å². The van der Waals surface area contributed by atoms with Gasteiger partial charge in [0.25, 0.3) is 0 Å². The number of rotatable bonds is 0. The van der Waals surface area contributed by atoms with E-state index in [4.69, 9.17) is 173 Å². The van der Waals surface area contributed by atoms with Crippen LogP contribution in [0.5, 0.6) is 0 Å². The maximum atomic E-state index is 5.06. The molecule has 0 N–H and O–H groups in total. The molecule has 0 aromatic heterocycles. The van der Waals surface area contributed by atoms with Crippen LogP contribution in [0.25, 0.3) is 0 Å². The molecule has 21 heavy (non-hydrogen) atoms. The fourth-order valence-electron chi connectivity index (χ4n) is 0. The summed E-state index contributed by atoms with van der Waals surface area (Å²) in [5.74, 6) is 0. The molecule has 0 bridgehead atoms. The molecule has 21 heteroatoms. The normalized spacial score (nSPS) is 23.1. The quantitative estimate of drug-likeness (QED) is 0.227. The number of halogens is 18. The molecule has 0 aliphatic heterocycles. The molecule has 0 heterocycles. The molecule has 0 unspecified atom stereocenters. The molecule has 0 aromatic carbocycles. The molecule has 0 atom stereocenters. The van der Waals surface area contributed by atoms with Crippen molar-refractivity contribution in [1.82, 2.24) is 0 Å². The molecule has 0 fully saturated rings. The SMILES string of the molecule is [Cl][Ir-2]([Cl])([Cl])([Cl])([Cl])[Cl].[Cl][Ir-2]([Cl])([Cl])([Cl])([Cl])[Cl].[Cl][Ir-2]([Cl])([Cl])([Cl])([Cl])[Cl].[H+].[H+].[H+]. The minimum atomic E-state index is -5.33. The maximum Gasteiger partial charge on any atom is 1.00 e. The minimum absolute atomic E-state index is 0. The second-order valence-corrected chi connectivity index (χ2v) is 158. The first-order valence-corrected chi connectivity index (χ1v) is 55.7. The van der Waals surface area contributed by atoms with Gasteiger partial charge in [0.1, 0.15) is 0 Å². The van der Waals surface area contributed by atoms with Gasteiger partial charge < -0.3 is 0 Å². The summed E-state index contributed by atoms with van der Waals surface area (Å²) in [5, 5.41) is 0. The van der Waals surface area contributed by atoms with Crippen molar-refractivity contribution >= 4 is 173 Å². The van der Waals surface area contributed by atoms with Gasteiger partial charge >= 0.3 is 197 Å². The molecule has 0 nitrogen and oxygen atoms in total. The van der Waals surface area contributed by atoms with Crippen LogP contribution in [0.4, 0.5) is 0 Å². The first-order chi connectivity index (χ1) is 7.35. The molecule has 0 amide bonds. The third-order valence-electron chi connectivity index (χ3n) is 0. The molecule has 0 aliphatic rings. The zero-order chi connectivity index (χ0) is 19.2. The summed E-state index contributed by atoms with van der Waals surface area (Å²) < 4.78 is 0. The maximum absolute atomic E-state index is 5.33. The van der Waals surface area contributed by atoms with Gasteiger partial charge in [-0.2, -0.15) is 0 Å². The average molecular weight is 1220 g/mol. The molecule has 0 saturated carbocycles. The molecule has 0 saturated heterocycles. The van der Waals surface area contributed by atoms with Gasteiger partial charge in [-0.05, 0) is 0 Å². The smallest absolute Gasteiger partial charge is 1.00 e. The Bertz CT molecular complexity index is 273. The van der Waals surface area contributed by atoms with E-state index in [0.29, 0.717) is 0 Å². The van der Waals surface area contributed by atoms with Gasteiger partial charge in [-0.1, -0.05) is 0 Å². The topological polar surface area (TPSA) is 0 Å². The summed E-state index contributed by atoms with van der Waals surface area (Å²) in [6.45, 7) is -16.0. The van der Waals surface area contributed by atoms with Crippen LogP contribution in [-0.2, 0) is 20.4 Å². The van der Waals surface area contributed by atoms with E-state index in [1.54, 1.807) is 0 Å². The summed E-state index contributed by atoms with van der Waals surface area (Å²) in [6.07, 6.45) is 0. The number of hydrogen-bond acceptors (Lipinski definition) is 0. The third kappa shape index (κ3) is 335. The molecule has 0 radical (unpaired) electrons. The first-order valence-electron chi connectivity index (χ1n) is 2.27. The van der Waals surface area contributed by atoms with E-state index in [0.717, 1.165) is 0 Å². The van der Waals surface area contributed by atoms with Crippen LogP contribution in [0.1, 0.15) is 4.28 Å². The van der Waals surface area contributed by atoms with Crippen LogP contribution in [0.3, 0.4) is 0 Å². The zero-order valence-corrected chi connectivity index (χ0v) is 28.6. The van der Waals surface area contributed by atoms with Crippen LogP contribution in [0.2, 0.25) is 0 Å². The van der Waals surface area contributed by atoms with Crippen molar-refractivity contribution in [3.05, 3.63) is 0 Å². The molecule has 0 aromatic rings. The average Bonchev–Trinajstić information content (AvgIpc) is 1.19. The molecule has 0 rings (SSSR count). The number of hydrogen-bond donors (Lipinski definition) is 0. The Kier molecular flexibility index (Phi) is 10.7. The van der Waals surface area contributed by atoms with E-state index >= 15 is 0 Å². The second kappa shape index (κ2) is 6.84. The van der Waals surface area contributed by atoms with E-state index in [-0.39, 0.29) is 4.28 Å². The Labute approximate surface area is 192 Å². The van der Waals surface area contributed by atoms with Gasteiger partial charge in [0.2, 0.25) is 0 Å². The molecular weight excluding hydrogens is 1210 g/mol. The summed E-state index contributed by atoms with van der Waals surface area (Å²) in [7, 11) is 91.0. The van der Waals surface area contributed by atoms with Crippen LogP contribution in [0, 0.1) is 0 Å². The van der Waals surface area contributed by atoms with E-state index in [1.807, 2.05) is 0 Å². The largest absolute Gasteiger partial charge is 1.00 e. The van der Waals surface area contributed by atoms with E-state index in [1.165, 1.54) is 0 Å². The molecule has 0 aliphatic carbocycles. The van der Waals surface area contributed by atoms with Crippen molar-refractivity contribution < 1.29 is 24.7 Å². The van der Waals surface area contributed by atoms with E-state index < -0.39 is 20.4 Å². The van der Waals surface area contributed by atoms with Gasteiger partial charge in [0.05, 0.1) is 0 Å². The fourth-order valence-corrected chi connectivity index (χ4v) is 0. The van der Waals surface area contributed by atoms with Crippen LogP contribution in [0.15, 0.2) is 0 Å².